The first kappa shape index (κ1) is 24.4. The number of fused-ring (bicyclic) bond motifs is 1. The number of nitrogens with one attached hydrogen (secondary N) is 1. The highest BCUT2D eigenvalue weighted by atomic mass is 32.1. The molecule has 2 aromatic heterocycles. The number of methoxy groups -OCH3 is 3. The first-order valence-electron chi connectivity index (χ1n) is 11.2. The first-order valence-corrected chi connectivity index (χ1v) is 12.0. The Balaban J connectivity index is 1.88. The van der Waals surface area contributed by atoms with Crippen molar-refractivity contribution in [2.75, 3.05) is 33.3 Å². The van der Waals surface area contributed by atoms with Crippen LogP contribution >= 0.6 is 11.3 Å². The molecule has 8 nitrogen and oxygen atoms in total. The van der Waals surface area contributed by atoms with Crippen molar-refractivity contribution in [3.05, 3.63) is 58.1 Å². The predicted molar refractivity (Wildman–Crippen MR) is 137 cm³/mol. The van der Waals surface area contributed by atoms with Gasteiger partial charge in [0.25, 0.3) is 0 Å². The highest BCUT2D eigenvalue weighted by molar-refractivity contribution is 7.19. The molecule has 0 aliphatic rings. The molecular formula is C26H29N3O5S. The molecule has 0 amide bonds. The summed E-state index contributed by atoms with van der Waals surface area (Å²) in [7, 11) is 4.74. The van der Waals surface area contributed by atoms with Gasteiger partial charge in [0.05, 0.1) is 27.9 Å². The maximum atomic E-state index is 12.5. The molecule has 0 aliphatic heterocycles. The number of aryl methyl sites for hydroxylation is 2. The summed E-state index contributed by atoms with van der Waals surface area (Å²) in [5.41, 5.74) is 4.58. The zero-order valence-corrected chi connectivity index (χ0v) is 21.5. The highest BCUT2D eigenvalue weighted by Crippen LogP contribution is 2.43. The fourth-order valence-electron chi connectivity index (χ4n) is 4.02. The second-order valence-corrected chi connectivity index (χ2v) is 8.90. The summed E-state index contributed by atoms with van der Waals surface area (Å²) in [6.45, 7) is 6.65. The Morgan fingerprint density at radius 1 is 1.06 bits per heavy atom. The van der Waals surface area contributed by atoms with Crippen LogP contribution in [0.25, 0.3) is 16.2 Å². The van der Waals surface area contributed by atoms with Crippen molar-refractivity contribution < 1.29 is 23.7 Å². The number of hydrogen-bond donors (Lipinski definition) is 1. The monoisotopic (exact) mass is 495 g/mol. The molecule has 0 atom stereocenters. The molecule has 0 fully saturated rings. The second-order valence-electron chi connectivity index (χ2n) is 7.92. The molecule has 0 saturated carbocycles. The van der Waals surface area contributed by atoms with E-state index < -0.39 is 0 Å². The van der Waals surface area contributed by atoms with E-state index in [0.717, 1.165) is 22.6 Å². The van der Waals surface area contributed by atoms with Gasteiger partial charge in [0.2, 0.25) is 5.75 Å². The van der Waals surface area contributed by atoms with Crippen LogP contribution in [0, 0.1) is 13.8 Å². The lowest BCUT2D eigenvalue weighted by Crippen LogP contribution is -2.07. The highest BCUT2D eigenvalue weighted by Gasteiger charge is 2.25. The SMILES string of the molecule is CCOC(=O)c1sc2nc(-c3cc(OC)c(OC)c(OC)c3)c(NCc3cccc(C)c3)n2c1C. The van der Waals surface area contributed by atoms with Crippen LogP contribution in [0.1, 0.15) is 33.4 Å². The normalized spacial score (nSPS) is 10.9. The maximum absolute atomic E-state index is 12.5. The van der Waals surface area contributed by atoms with Crippen LogP contribution < -0.4 is 19.5 Å². The minimum atomic E-state index is -0.348. The van der Waals surface area contributed by atoms with Crippen LogP contribution in [-0.4, -0.2) is 43.3 Å². The fourth-order valence-corrected chi connectivity index (χ4v) is 5.04. The average molecular weight is 496 g/mol. The van der Waals surface area contributed by atoms with Gasteiger partial charge in [0, 0.05) is 17.8 Å². The summed E-state index contributed by atoms with van der Waals surface area (Å²) in [5, 5.41) is 3.55. The Hall–Kier alpha value is -3.72. The van der Waals surface area contributed by atoms with Crippen LogP contribution in [0.4, 0.5) is 5.82 Å². The molecule has 35 heavy (non-hydrogen) atoms. The van der Waals surface area contributed by atoms with Gasteiger partial charge in [-0.2, -0.15) is 0 Å². The summed E-state index contributed by atoms with van der Waals surface area (Å²) < 4.78 is 23.8. The summed E-state index contributed by atoms with van der Waals surface area (Å²) in [4.78, 5) is 18.6. The van der Waals surface area contributed by atoms with Gasteiger partial charge < -0.3 is 24.3 Å². The van der Waals surface area contributed by atoms with Crippen LogP contribution in [0.15, 0.2) is 36.4 Å². The van der Waals surface area contributed by atoms with E-state index in [1.165, 1.54) is 16.9 Å². The number of aromatic nitrogens is 2. The minimum absolute atomic E-state index is 0.313. The number of anilines is 1. The number of hydrogen-bond acceptors (Lipinski definition) is 8. The van der Waals surface area contributed by atoms with Gasteiger partial charge in [0.15, 0.2) is 16.5 Å². The van der Waals surface area contributed by atoms with E-state index in [0.29, 0.717) is 45.9 Å². The molecule has 4 rings (SSSR count). The number of ether oxygens (including phenoxy) is 4. The average Bonchev–Trinajstić information content (AvgIpc) is 3.38. The van der Waals surface area contributed by atoms with Crippen molar-refractivity contribution in [2.24, 2.45) is 0 Å². The number of carbonyl (C=O) groups is 1. The molecule has 0 aliphatic carbocycles. The standard InChI is InChI=1S/C26H29N3O5S/c1-7-34-25(30)23-16(3)29-24(27-14-17-10-8-9-15(2)11-17)21(28-26(29)35-23)18-12-19(31-4)22(33-6)20(13-18)32-5/h8-13,27H,7,14H2,1-6H3. The van der Waals surface area contributed by atoms with Gasteiger partial charge in [-0.25, -0.2) is 9.78 Å². The van der Waals surface area contributed by atoms with Crippen molar-refractivity contribution in [3.63, 3.8) is 0 Å². The molecule has 9 heteroatoms. The Kier molecular flexibility index (Phi) is 7.16. The van der Waals surface area contributed by atoms with Crippen LogP contribution in [-0.2, 0) is 11.3 Å². The topological polar surface area (TPSA) is 83.3 Å². The number of thiazole rings is 1. The van der Waals surface area contributed by atoms with Crippen LogP contribution in [0.3, 0.4) is 0 Å². The second kappa shape index (κ2) is 10.3. The van der Waals surface area contributed by atoms with Gasteiger partial charge in [0.1, 0.15) is 16.4 Å². The number of esters is 1. The third-order valence-electron chi connectivity index (χ3n) is 5.65. The first-order chi connectivity index (χ1) is 16.9. The lowest BCUT2D eigenvalue weighted by atomic mass is 10.1. The summed E-state index contributed by atoms with van der Waals surface area (Å²) in [6.07, 6.45) is 0. The van der Waals surface area contributed by atoms with E-state index in [1.54, 1.807) is 28.3 Å². The van der Waals surface area contributed by atoms with Crippen molar-refractivity contribution in [1.29, 1.82) is 0 Å². The van der Waals surface area contributed by atoms with Gasteiger partial charge in [-0.05, 0) is 38.5 Å². The molecule has 0 bridgehead atoms. The lowest BCUT2D eigenvalue weighted by molar-refractivity contribution is 0.0531. The summed E-state index contributed by atoms with van der Waals surface area (Å²) >= 11 is 1.30. The largest absolute Gasteiger partial charge is 0.493 e. The Labute approximate surface area is 208 Å². The van der Waals surface area contributed by atoms with Gasteiger partial charge in [-0.3, -0.25) is 4.40 Å². The smallest absolute Gasteiger partial charge is 0.350 e. The number of imidazole rings is 1. The van der Waals surface area contributed by atoms with E-state index in [1.807, 2.05) is 29.5 Å². The Bertz CT molecular complexity index is 1350. The summed E-state index contributed by atoms with van der Waals surface area (Å²) in [5.74, 6) is 1.99. The van der Waals surface area contributed by atoms with Crippen molar-refractivity contribution in [1.82, 2.24) is 9.38 Å². The molecular weight excluding hydrogens is 466 g/mol. The Morgan fingerprint density at radius 2 is 1.77 bits per heavy atom. The van der Waals surface area contributed by atoms with E-state index in [2.05, 4.69) is 30.4 Å². The zero-order valence-electron chi connectivity index (χ0n) is 20.7. The summed E-state index contributed by atoms with van der Waals surface area (Å²) in [6, 6.07) is 12.0. The van der Waals surface area contributed by atoms with Crippen LogP contribution in [0.2, 0.25) is 0 Å². The zero-order chi connectivity index (χ0) is 25.1. The van der Waals surface area contributed by atoms with E-state index in [9.17, 15) is 4.79 Å². The number of rotatable bonds is 9. The van der Waals surface area contributed by atoms with E-state index in [-0.39, 0.29) is 5.97 Å². The Morgan fingerprint density at radius 3 is 2.37 bits per heavy atom. The van der Waals surface area contributed by atoms with Crippen molar-refractivity contribution in [3.8, 4) is 28.5 Å². The number of benzene rings is 2. The van der Waals surface area contributed by atoms with Crippen LogP contribution in [0.5, 0.6) is 17.2 Å². The molecule has 4 aromatic rings. The third kappa shape index (κ3) is 4.64. The van der Waals surface area contributed by atoms with E-state index in [4.69, 9.17) is 23.9 Å². The molecule has 0 radical (unpaired) electrons. The molecule has 0 spiro atoms. The number of carbonyl (C=O) groups excluding carboxylic acids is 1. The molecule has 184 valence electrons. The quantitative estimate of drug-likeness (QED) is 0.307. The molecule has 1 N–H and O–H groups in total. The fraction of sp³-hybridized carbons (Fsp3) is 0.308. The van der Waals surface area contributed by atoms with Gasteiger partial charge in [-0.1, -0.05) is 41.2 Å². The molecule has 2 aromatic carbocycles. The van der Waals surface area contributed by atoms with Crippen molar-refractivity contribution in [2.45, 2.75) is 27.3 Å². The lowest BCUT2D eigenvalue weighted by Gasteiger charge is -2.15. The van der Waals surface area contributed by atoms with E-state index >= 15 is 0 Å². The molecule has 2 heterocycles. The number of nitrogens with zero attached hydrogens (tertiary/aromatic N) is 2. The van der Waals surface area contributed by atoms with Gasteiger partial charge in [-0.15, -0.1) is 0 Å². The molecule has 0 unspecified atom stereocenters. The van der Waals surface area contributed by atoms with Gasteiger partial charge >= 0.3 is 5.97 Å². The maximum Gasteiger partial charge on any atom is 0.350 e. The van der Waals surface area contributed by atoms with Crippen molar-refractivity contribution >= 4 is 28.1 Å². The third-order valence-corrected chi connectivity index (χ3v) is 6.77. The predicted octanol–water partition coefficient (Wildman–Crippen LogP) is 5.49. The minimum Gasteiger partial charge on any atom is -0.493 e. The molecule has 0 saturated heterocycles.